The summed E-state index contributed by atoms with van der Waals surface area (Å²) in [6, 6.07) is 2.81. The van der Waals surface area contributed by atoms with E-state index in [4.69, 9.17) is 35.9 Å². The van der Waals surface area contributed by atoms with Gasteiger partial charge < -0.3 is 40.8 Å². The number of rotatable bonds is 4. The fourth-order valence-corrected chi connectivity index (χ4v) is 5.74. The van der Waals surface area contributed by atoms with Crippen molar-refractivity contribution in [2.45, 2.75) is 76.3 Å². The van der Waals surface area contributed by atoms with E-state index in [1.54, 1.807) is 0 Å². The highest BCUT2D eigenvalue weighted by atomic mass is 16.6. The van der Waals surface area contributed by atoms with Crippen molar-refractivity contribution in [3.05, 3.63) is 35.4 Å². The van der Waals surface area contributed by atoms with Crippen LogP contribution in [0.4, 0.5) is 0 Å². The summed E-state index contributed by atoms with van der Waals surface area (Å²) in [7, 11) is 2.17. The third kappa shape index (κ3) is 5.92. The molecular formula is C27H37N3O9. The number of carboxylic acids is 2. The first kappa shape index (κ1) is 30.1. The van der Waals surface area contributed by atoms with Gasteiger partial charge in [0, 0.05) is 36.8 Å². The average molecular weight is 548 g/mol. The molecule has 6 N–H and O–H groups in total. The molecule has 1 aromatic carbocycles. The van der Waals surface area contributed by atoms with Crippen LogP contribution in [0.5, 0.6) is 11.5 Å². The number of carbonyl (C=O) groups is 4. The molecule has 39 heavy (non-hydrogen) atoms. The van der Waals surface area contributed by atoms with Gasteiger partial charge in [-0.05, 0) is 58.0 Å². The Balaban J connectivity index is 0.000000296. The number of piperidine rings is 1. The normalized spacial score (nSPS) is 28.6. The molecule has 2 aliphatic heterocycles. The van der Waals surface area contributed by atoms with Crippen LogP contribution in [-0.2, 0) is 35.8 Å². The second kappa shape index (κ2) is 11.7. The first-order valence-electron chi connectivity index (χ1n) is 12.7. The lowest BCUT2D eigenvalue weighted by molar-refractivity contribution is -0.152. The maximum Gasteiger partial charge on any atom is 0.320 e. The SMILES string of the molecule is CC(=O)Oc1ccc2c3c1O[C@H]1[C@@H](OC(C)=O)C=C[C@H]4[C@@H](C2)N(C)CC[C@@]341.C[C@@H](N)C(=O)O.C[C@H](N)C(=O)O. The van der Waals surface area contributed by atoms with Gasteiger partial charge in [0.2, 0.25) is 0 Å². The number of carbonyl (C=O) groups excluding carboxylic acids is 2. The van der Waals surface area contributed by atoms with Crippen LogP contribution in [0.25, 0.3) is 0 Å². The number of hydrogen-bond acceptors (Lipinski definition) is 10. The largest absolute Gasteiger partial charge is 0.481 e. The molecule has 1 saturated heterocycles. The van der Waals surface area contributed by atoms with Crippen LogP contribution in [-0.4, -0.2) is 82.9 Å². The zero-order valence-electron chi connectivity index (χ0n) is 22.7. The molecule has 7 atom stereocenters. The zero-order valence-corrected chi connectivity index (χ0v) is 22.7. The number of benzene rings is 1. The third-order valence-electron chi connectivity index (χ3n) is 7.45. The topological polar surface area (TPSA) is 192 Å². The summed E-state index contributed by atoms with van der Waals surface area (Å²) in [5.41, 5.74) is 11.8. The van der Waals surface area contributed by atoms with E-state index in [0.29, 0.717) is 17.5 Å². The van der Waals surface area contributed by atoms with E-state index < -0.39 is 30.1 Å². The molecule has 0 unspecified atom stereocenters. The van der Waals surface area contributed by atoms with Crippen LogP contribution in [0, 0.1) is 5.92 Å². The maximum atomic E-state index is 11.7. The molecule has 2 aliphatic carbocycles. The molecule has 0 aromatic heterocycles. The van der Waals surface area contributed by atoms with Gasteiger partial charge in [0.25, 0.3) is 0 Å². The van der Waals surface area contributed by atoms with Gasteiger partial charge in [-0.15, -0.1) is 0 Å². The fourth-order valence-electron chi connectivity index (χ4n) is 5.74. The van der Waals surface area contributed by atoms with Gasteiger partial charge in [0.05, 0.1) is 0 Å². The van der Waals surface area contributed by atoms with Gasteiger partial charge in [-0.25, -0.2) is 0 Å². The summed E-state index contributed by atoms with van der Waals surface area (Å²) in [6.45, 7) is 6.61. The third-order valence-corrected chi connectivity index (χ3v) is 7.45. The van der Waals surface area contributed by atoms with Gasteiger partial charge in [-0.1, -0.05) is 12.1 Å². The van der Waals surface area contributed by atoms with Crippen molar-refractivity contribution in [2.75, 3.05) is 13.6 Å². The van der Waals surface area contributed by atoms with Crippen LogP contribution in [0.15, 0.2) is 24.3 Å². The number of ether oxygens (including phenoxy) is 3. The summed E-state index contributed by atoms with van der Waals surface area (Å²) in [4.78, 5) is 44.8. The Kier molecular flexibility index (Phi) is 9.04. The molecule has 12 nitrogen and oxygen atoms in total. The van der Waals surface area contributed by atoms with E-state index in [2.05, 4.69) is 24.1 Å². The Morgan fingerprint density at radius 3 is 2.15 bits per heavy atom. The van der Waals surface area contributed by atoms with Gasteiger partial charge in [0.1, 0.15) is 18.2 Å². The minimum absolute atomic E-state index is 0.245. The molecule has 2 heterocycles. The van der Waals surface area contributed by atoms with Crippen molar-refractivity contribution < 1.29 is 43.6 Å². The van der Waals surface area contributed by atoms with Crippen LogP contribution in [0.1, 0.15) is 45.2 Å². The lowest BCUT2D eigenvalue weighted by atomic mass is 9.53. The molecule has 4 aliphatic rings. The van der Waals surface area contributed by atoms with Crippen molar-refractivity contribution in [1.29, 1.82) is 0 Å². The zero-order chi connectivity index (χ0) is 29.2. The van der Waals surface area contributed by atoms with E-state index in [0.717, 1.165) is 24.9 Å². The number of likely N-dealkylation sites (N-methyl/N-ethyl adjacent to an activating group) is 1. The monoisotopic (exact) mass is 547 g/mol. The minimum Gasteiger partial charge on any atom is -0.481 e. The molecule has 1 aromatic rings. The second-order valence-electron chi connectivity index (χ2n) is 10.3. The summed E-state index contributed by atoms with van der Waals surface area (Å²) in [5.74, 6) is -1.21. The minimum atomic E-state index is -0.963. The summed E-state index contributed by atoms with van der Waals surface area (Å²) in [6.07, 6.45) is 5.31. The smallest absolute Gasteiger partial charge is 0.320 e. The lowest BCUT2D eigenvalue weighted by Gasteiger charge is -2.56. The fraction of sp³-hybridized carbons (Fsp3) is 0.556. The number of likely N-dealkylation sites (tertiary alicyclic amines) is 1. The van der Waals surface area contributed by atoms with Gasteiger partial charge in [-0.2, -0.15) is 0 Å². The van der Waals surface area contributed by atoms with Crippen molar-refractivity contribution in [3.63, 3.8) is 0 Å². The Morgan fingerprint density at radius 1 is 1.05 bits per heavy atom. The first-order chi connectivity index (χ1) is 18.2. The first-order valence-corrected chi connectivity index (χ1v) is 12.7. The predicted molar refractivity (Wildman–Crippen MR) is 139 cm³/mol. The van der Waals surface area contributed by atoms with E-state index in [-0.39, 0.29) is 29.4 Å². The van der Waals surface area contributed by atoms with Crippen LogP contribution in [0.2, 0.25) is 0 Å². The van der Waals surface area contributed by atoms with Crippen LogP contribution < -0.4 is 20.9 Å². The number of esters is 2. The number of nitrogens with two attached hydrogens (primary N) is 2. The predicted octanol–water partition coefficient (Wildman–Crippen LogP) is 0.825. The lowest BCUT2D eigenvalue weighted by Crippen LogP contribution is -2.65. The highest BCUT2D eigenvalue weighted by Crippen LogP contribution is 2.62. The van der Waals surface area contributed by atoms with Crippen molar-refractivity contribution in [2.24, 2.45) is 17.4 Å². The van der Waals surface area contributed by atoms with Crippen LogP contribution >= 0.6 is 0 Å². The molecule has 1 spiro atoms. The Hall–Kier alpha value is -3.48. The number of hydrogen-bond donors (Lipinski definition) is 4. The molecule has 1 fully saturated rings. The molecule has 5 rings (SSSR count). The van der Waals surface area contributed by atoms with Gasteiger partial charge in [-0.3, -0.25) is 19.2 Å². The Morgan fingerprint density at radius 2 is 1.64 bits per heavy atom. The van der Waals surface area contributed by atoms with Crippen molar-refractivity contribution in [1.82, 2.24) is 4.90 Å². The van der Waals surface area contributed by atoms with Gasteiger partial charge in [0.15, 0.2) is 17.6 Å². The second-order valence-corrected chi connectivity index (χ2v) is 10.3. The van der Waals surface area contributed by atoms with E-state index in [9.17, 15) is 19.2 Å². The van der Waals surface area contributed by atoms with Crippen LogP contribution in [0.3, 0.4) is 0 Å². The molecule has 0 amide bonds. The molecule has 2 bridgehead atoms. The molecular weight excluding hydrogens is 510 g/mol. The number of aliphatic carboxylic acids is 2. The van der Waals surface area contributed by atoms with Crippen molar-refractivity contribution in [3.8, 4) is 11.5 Å². The molecule has 0 radical (unpaired) electrons. The Bertz CT molecular complexity index is 1150. The van der Waals surface area contributed by atoms with Gasteiger partial charge >= 0.3 is 23.9 Å². The Labute approximate surface area is 226 Å². The highest BCUT2D eigenvalue weighted by Gasteiger charge is 2.65. The van der Waals surface area contributed by atoms with E-state index in [1.807, 2.05) is 12.1 Å². The highest BCUT2D eigenvalue weighted by molar-refractivity contribution is 5.73. The molecule has 0 saturated carbocycles. The average Bonchev–Trinajstić information content (AvgIpc) is 3.19. The summed E-state index contributed by atoms with van der Waals surface area (Å²) >= 11 is 0. The molecule has 214 valence electrons. The van der Waals surface area contributed by atoms with E-state index in [1.165, 1.54) is 33.3 Å². The maximum absolute atomic E-state index is 11.7. The quantitative estimate of drug-likeness (QED) is 0.236. The number of nitrogens with zero attached hydrogens (tertiary/aromatic N) is 1. The van der Waals surface area contributed by atoms with Crippen molar-refractivity contribution >= 4 is 23.9 Å². The standard InChI is InChI=1S/C21H23NO5.2C3H7NO2/c1-11(23)25-16-6-4-13-10-15-14-5-7-17(26-12(2)24)20-21(14,8-9-22(15)3)18(13)19(16)27-20;2*1-2(4)3(5)6/h4-7,14-15,17,20H,8-10H2,1-3H3;2*2H,4H2,1H3,(H,5,6)/t14-,15+,17-,20-,21-;2*2-/m010/s1. The summed E-state index contributed by atoms with van der Waals surface area (Å²) < 4.78 is 17.5. The van der Waals surface area contributed by atoms with E-state index >= 15 is 0 Å². The number of carboxylic acid groups (broad SMARTS) is 2. The molecule has 12 heteroatoms. The summed E-state index contributed by atoms with van der Waals surface area (Å²) in [5, 5.41) is 15.7.